The fraction of sp³-hybridized carbons (Fsp3) is 0.318. The maximum atomic E-state index is 12.7. The van der Waals surface area contributed by atoms with Crippen molar-refractivity contribution in [2.24, 2.45) is 0 Å². The number of aromatic nitrogens is 2. The van der Waals surface area contributed by atoms with E-state index >= 15 is 0 Å². The van der Waals surface area contributed by atoms with Gasteiger partial charge in [-0.2, -0.15) is 0 Å². The summed E-state index contributed by atoms with van der Waals surface area (Å²) in [6, 6.07) is 13.4. The number of carbonyl (C=O) groups excluding carboxylic acids is 1. The van der Waals surface area contributed by atoms with Gasteiger partial charge in [-0.15, -0.1) is 0 Å². The first-order valence-electron chi connectivity index (χ1n) is 9.37. The number of hydrogen-bond donors (Lipinski definition) is 1. The number of aryl methyl sites for hydroxylation is 2. The highest BCUT2D eigenvalue weighted by Gasteiger charge is 2.10. The molecule has 0 fully saturated rings. The summed E-state index contributed by atoms with van der Waals surface area (Å²) < 4.78 is 0. The van der Waals surface area contributed by atoms with Gasteiger partial charge in [-0.3, -0.25) is 9.69 Å². The van der Waals surface area contributed by atoms with E-state index in [1.807, 2.05) is 38.1 Å². The zero-order valence-electron chi connectivity index (χ0n) is 16.4. The van der Waals surface area contributed by atoms with Crippen molar-refractivity contribution in [2.45, 2.75) is 34.2 Å². The Labute approximate surface area is 160 Å². The molecule has 0 spiro atoms. The van der Waals surface area contributed by atoms with E-state index in [1.54, 1.807) is 12.1 Å². The molecule has 27 heavy (non-hydrogen) atoms. The molecular formula is C22H26N4O. The number of carbonyl (C=O) groups is 1. The predicted octanol–water partition coefficient (Wildman–Crippen LogP) is 4.34. The number of anilines is 1. The largest absolute Gasteiger partial charge is 0.322 e. The van der Waals surface area contributed by atoms with Crippen LogP contribution < -0.4 is 5.32 Å². The molecule has 1 heterocycles. The van der Waals surface area contributed by atoms with Crippen LogP contribution in [0.15, 0.2) is 42.5 Å². The third-order valence-electron chi connectivity index (χ3n) is 4.82. The first-order valence-corrected chi connectivity index (χ1v) is 9.37. The molecule has 1 amide bonds. The van der Waals surface area contributed by atoms with Crippen molar-refractivity contribution >= 4 is 22.6 Å². The van der Waals surface area contributed by atoms with Crippen LogP contribution in [-0.4, -0.2) is 33.9 Å². The van der Waals surface area contributed by atoms with Gasteiger partial charge in [0.15, 0.2) is 0 Å². The lowest BCUT2D eigenvalue weighted by atomic mass is 10.1. The zero-order valence-corrected chi connectivity index (χ0v) is 16.4. The number of benzene rings is 2. The van der Waals surface area contributed by atoms with Crippen LogP contribution in [0.25, 0.3) is 11.0 Å². The van der Waals surface area contributed by atoms with Gasteiger partial charge in [0.1, 0.15) is 0 Å². The molecule has 0 aliphatic rings. The van der Waals surface area contributed by atoms with Crippen molar-refractivity contribution in [3.63, 3.8) is 0 Å². The molecule has 2 aromatic carbocycles. The summed E-state index contributed by atoms with van der Waals surface area (Å²) in [5.74, 6) is -0.142. The Kier molecular flexibility index (Phi) is 5.81. The molecule has 0 saturated carbocycles. The molecule has 1 aromatic heterocycles. The first kappa shape index (κ1) is 19.0. The van der Waals surface area contributed by atoms with Crippen LogP contribution in [0.2, 0.25) is 0 Å². The monoisotopic (exact) mass is 362 g/mol. The van der Waals surface area contributed by atoms with Gasteiger partial charge in [0.25, 0.3) is 5.91 Å². The molecule has 0 atom stereocenters. The van der Waals surface area contributed by atoms with Gasteiger partial charge in [0.2, 0.25) is 0 Å². The van der Waals surface area contributed by atoms with E-state index < -0.39 is 0 Å². The van der Waals surface area contributed by atoms with E-state index in [1.165, 1.54) is 5.56 Å². The highest BCUT2D eigenvalue weighted by Crippen LogP contribution is 2.17. The van der Waals surface area contributed by atoms with E-state index in [-0.39, 0.29) is 5.91 Å². The second kappa shape index (κ2) is 8.27. The van der Waals surface area contributed by atoms with Crippen molar-refractivity contribution in [2.75, 3.05) is 18.4 Å². The standard InChI is InChI=1S/C22H26N4O/c1-5-26(6-2)14-17-8-7-9-19(12-17)25-22(27)18-10-11-20-21(13-18)24-16(4)15(3)23-20/h7-13H,5-6,14H2,1-4H3,(H,25,27). The molecule has 3 rings (SSSR count). The number of rotatable bonds is 6. The molecule has 0 unspecified atom stereocenters. The summed E-state index contributed by atoms with van der Waals surface area (Å²) in [6.45, 7) is 11.1. The minimum atomic E-state index is -0.142. The molecule has 1 N–H and O–H groups in total. The maximum absolute atomic E-state index is 12.7. The van der Waals surface area contributed by atoms with Crippen molar-refractivity contribution in [1.82, 2.24) is 14.9 Å². The Hall–Kier alpha value is -2.79. The molecule has 5 nitrogen and oxygen atoms in total. The lowest BCUT2D eigenvalue weighted by Gasteiger charge is -2.18. The van der Waals surface area contributed by atoms with Gasteiger partial charge in [0, 0.05) is 17.8 Å². The van der Waals surface area contributed by atoms with Gasteiger partial charge < -0.3 is 5.32 Å². The van der Waals surface area contributed by atoms with Gasteiger partial charge in [-0.1, -0.05) is 26.0 Å². The average Bonchev–Trinajstić information content (AvgIpc) is 2.67. The Bertz CT molecular complexity index is 964. The van der Waals surface area contributed by atoms with Crippen LogP contribution in [0.4, 0.5) is 5.69 Å². The third-order valence-corrected chi connectivity index (χ3v) is 4.82. The van der Waals surface area contributed by atoms with Crippen molar-refractivity contribution in [3.05, 3.63) is 65.0 Å². The van der Waals surface area contributed by atoms with Crippen molar-refractivity contribution in [1.29, 1.82) is 0 Å². The SMILES string of the molecule is CCN(CC)Cc1cccc(NC(=O)c2ccc3nc(C)c(C)nc3c2)c1. The molecule has 0 aliphatic heterocycles. The fourth-order valence-corrected chi connectivity index (χ4v) is 3.03. The third kappa shape index (κ3) is 4.49. The lowest BCUT2D eigenvalue weighted by molar-refractivity contribution is 0.102. The second-order valence-corrected chi connectivity index (χ2v) is 6.71. The minimum Gasteiger partial charge on any atom is -0.322 e. The maximum Gasteiger partial charge on any atom is 0.255 e. The molecule has 5 heteroatoms. The highest BCUT2D eigenvalue weighted by molar-refractivity contribution is 6.05. The van der Waals surface area contributed by atoms with Crippen LogP contribution in [0.3, 0.4) is 0 Å². The molecule has 140 valence electrons. The van der Waals surface area contributed by atoms with Gasteiger partial charge in [0.05, 0.1) is 22.4 Å². The van der Waals surface area contributed by atoms with Crippen molar-refractivity contribution in [3.8, 4) is 0 Å². The number of fused-ring (bicyclic) bond motifs is 1. The summed E-state index contributed by atoms with van der Waals surface area (Å²) in [7, 11) is 0. The normalized spacial score (nSPS) is 11.1. The van der Waals surface area contributed by atoms with Gasteiger partial charge >= 0.3 is 0 Å². The van der Waals surface area contributed by atoms with E-state index in [2.05, 4.69) is 40.1 Å². The van der Waals surface area contributed by atoms with E-state index in [0.29, 0.717) is 5.56 Å². The number of hydrogen-bond acceptors (Lipinski definition) is 4. The molecule has 0 saturated heterocycles. The van der Waals surface area contributed by atoms with Crippen LogP contribution in [-0.2, 0) is 6.54 Å². The second-order valence-electron chi connectivity index (χ2n) is 6.71. The van der Waals surface area contributed by atoms with Crippen LogP contribution in [0.5, 0.6) is 0 Å². The zero-order chi connectivity index (χ0) is 19.4. The Morgan fingerprint density at radius 3 is 2.37 bits per heavy atom. The fourth-order valence-electron chi connectivity index (χ4n) is 3.03. The lowest BCUT2D eigenvalue weighted by Crippen LogP contribution is -2.22. The van der Waals surface area contributed by atoms with E-state index in [0.717, 1.165) is 47.7 Å². The molecule has 0 aliphatic carbocycles. The topological polar surface area (TPSA) is 58.1 Å². The Morgan fingerprint density at radius 1 is 0.963 bits per heavy atom. The minimum absolute atomic E-state index is 0.142. The molecule has 0 radical (unpaired) electrons. The summed E-state index contributed by atoms with van der Waals surface area (Å²) >= 11 is 0. The van der Waals surface area contributed by atoms with E-state index in [9.17, 15) is 4.79 Å². The van der Waals surface area contributed by atoms with Crippen LogP contribution in [0.1, 0.15) is 41.2 Å². The number of nitrogens with one attached hydrogen (secondary N) is 1. The predicted molar refractivity (Wildman–Crippen MR) is 110 cm³/mol. The van der Waals surface area contributed by atoms with E-state index in [4.69, 9.17) is 0 Å². The Morgan fingerprint density at radius 2 is 1.67 bits per heavy atom. The smallest absolute Gasteiger partial charge is 0.255 e. The quantitative estimate of drug-likeness (QED) is 0.709. The highest BCUT2D eigenvalue weighted by atomic mass is 16.1. The van der Waals surface area contributed by atoms with Gasteiger partial charge in [-0.25, -0.2) is 9.97 Å². The van der Waals surface area contributed by atoms with Crippen molar-refractivity contribution < 1.29 is 4.79 Å². The summed E-state index contributed by atoms with van der Waals surface area (Å²) in [4.78, 5) is 24.1. The molecular weight excluding hydrogens is 336 g/mol. The average molecular weight is 362 g/mol. The Balaban J connectivity index is 1.79. The molecule has 0 bridgehead atoms. The van der Waals surface area contributed by atoms with Crippen LogP contribution in [0, 0.1) is 13.8 Å². The first-order chi connectivity index (χ1) is 13.0. The summed E-state index contributed by atoms with van der Waals surface area (Å²) in [5.41, 5.74) is 5.89. The summed E-state index contributed by atoms with van der Waals surface area (Å²) in [5, 5.41) is 2.99. The number of nitrogens with zero attached hydrogens (tertiary/aromatic N) is 3. The summed E-state index contributed by atoms with van der Waals surface area (Å²) in [6.07, 6.45) is 0. The number of amides is 1. The van der Waals surface area contributed by atoms with Gasteiger partial charge in [-0.05, 0) is 62.8 Å². The molecule has 3 aromatic rings. The van der Waals surface area contributed by atoms with Crippen LogP contribution >= 0.6 is 0 Å².